The fourth-order valence-electron chi connectivity index (χ4n) is 1.95. The van der Waals surface area contributed by atoms with Crippen LogP contribution >= 0.6 is 0 Å². The van der Waals surface area contributed by atoms with E-state index < -0.39 is 0 Å². The SMILES string of the molecule is CC(C)c1cc(C(=O)N(C)C(C)CO)nn1C(C)(C)C. The molecule has 1 rings (SSSR count). The van der Waals surface area contributed by atoms with Crippen molar-refractivity contribution in [2.24, 2.45) is 0 Å². The maximum atomic E-state index is 12.4. The van der Waals surface area contributed by atoms with Gasteiger partial charge in [-0.2, -0.15) is 5.10 Å². The van der Waals surface area contributed by atoms with E-state index in [0.717, 1.165) is 5.69 Å². The molecule has 1 N–H and O–H groups in total. The average Bonchev–Trinajstić information content (AvgIpc) is 2.81. The summed E-state index contributed by atoms with van der Waals surface area (Å²) in [6.45, 7) is 12.1. The summed E-state index contributed by atoms with van der Waals surface area (Å²) in [6.07, 6.45) is 0. The van der Waals surface area contributed by atoms with Gasteiger partial charge in [0.1, 0.15) is 0 Å². The smallest absolute Gasteiger partial charge is 0.274 e. The Hall–Kier alpha value is -1.36. The van der Waals surface area contributed by atoms with Gasteiger partial charge in [-0.05, 0) is 39.7 Å². The van der Waals surface area contributed by atoms with Crippen molar-refractivity contribution in [2.45, 2.75) is 59.0 Å². The van der Waals surface area contributed by atoms with Gasteiger partial charge < -0.3 is 10.0 Å². The summed E-state index contributed by atoms with van der Waals surface area (Å²) in [5, 5.41) is 13.6. The topological polar surface area (TPSA) is 58.4 Å². The lowest BCUT2D eigenvalue weighted by molar-refractivity contribution is 0.0674. The minimum atomic E-state index is -0.218. The monoisotopic (exact) mass is 281 g/mol. The molecular formula is C15H27N3O2. The van der Waals surface area contributed by atoms with Crippen LogP contribution in [0.4, 0.5) is 0 Å². The van der Waals surface area contributed by atoms with Gasteiger partial charge >= 0.3 is 0 Å². The largest absolute Gasteiger partial charge is 0.394 e. The van der Waals surface area contributed by atoms with E-state index in [9.17, 15) is 4.79 Å². The van der Waals surface area contributed by atoms with Gasteiger partial charge in [0.2, 0.25) is 0 Å². The second-order valence-electron chi connectivity index (χ2n) is 6.64. The highest BCUT2D eigenvalue weighted by atomic mass is 16.3. The molecule has 0 bridgehead atoms. The number of hydrogen-bond acceptors (Lipinski definition) is 3. The van der Waals surface area contributed by atoms with E-state index in [1.807, 2.05) is 17.7 Å². The summed E-state index contributed by atoms with van der Waals surface area (Å²) in [6, 6.07) is 1.64. The van der Waals surface area contributed by atoms with Gasteiger partial charge in [0.25, 0.3) is 5.91 Å². The van der Waals surface area contributed by atoms with Gasteiger partial charge in [0, 0.05) is 12.7 Å². The molecule has 1 unspecified atom stereocenters. The summed E-state index contributed by atoms with van der Waals surface area (Å²) in [4.78, 5) is 13.9. The highest BCUT2D eigenvalue weighted by molar-refractivity contribution is 5.92. The number of aliphatic hydroxyl groups is 1. The van der Waals surface area contributed by atoms with Crippen molar-refractivity contribution in [2.75, 3.05) is 13.7 Å². The van der Waals surface area contributed by atoms with Crippen LogP contribution in [0.3, 0.4) is 0 Å². The van der Waals surface area contributed by atoms with Crippen LogP contribution in [-0.2, 0) is 5.54 Å². The molecule has 0 saturated heterocycles. The Bertz CT molecular complexity index is 472. The molecule has 0 aliphatic rings. The maximum absolute atomic E-state index is 12.4. The van der Waals surface area contributed by atoms with Crippen molar-refractivity contribution in [1.82, 2.24) is 14.7 Å². The highest BCUT2D eigenvalue weighted by Gasteiger charge is 2.26. The lowest BCUT2D eigenvalue weighted by Crippen LogP contribution is -2.37. The lowest BCUT2D eigenvalue weighted by Gasteiger charge is -2.24. The first-order chi connectivity index (χ1) is 9.09. The number of amides is 1. The highest BCUT2D eigenvalue weighted by Crippen LogP contribution is 2.24. The van der Waals surface area contributed by atoms with Crippen LogP contribution in [0.15, 0.2) is 6.07 Å². The zero-order valence-electron chi connectivity index (χ0n) is 13.6. The Morgan fingerprint density at radius 1 is 1.40 bits per heavy atom. The van der Waals surface area contributed by atoms with E-state index >= 15 is 0 Å². The molecule has 0 fully saturated rings. The van der Waals surface area contributed by atoms with Crippen LogP contribution in [0.1, 0.15) is 63.6 Å². The Morgan fingerprint density at radius 3 is 2.30 bits per heavy atom. The van der Waals surface area contributed by atoms with Crippen LogP contribution in [0.25, 0.3) is 0 Å². The third-order valence-electron chi connectivity index (χ3n) is 3.43. The first-order valence-corrected chi connectivity index (χ1v) is 7.08. The van der Waals surface area contributed by atoms with Crippen molar-refractivity contribution in [3.63, 3.8) is 0 Å². The predicted octanol–water partition coefficient (Wildman–Crippen LogP) is 2.21. The Balaban J connectivity index is 3.18. The van der Waals surface area contributed by atoms with Crippen molar-refractivity contribution in [3.05, 3.63) is 17.5 Å². The Kier molecular flexibility index (Phi) is 4.97. The molecule has 0 aromatic carbocycles. The van der Waals surface area contributed by atoms with Gasteiger partial charge in [0.05, 0.1) is 18.2 Å². The molecule has 5 heteroatoms. The predicted molar refractivity (Wildman–Crippen MR) is 80.0 cm³/mol. The van der Waals surface area contributed by atoms with Gasteiger partial charge in [0.15, 0.2) is 5.69 Å². The fourth-order valence-corrected chi connectivity index (χ4v) is 1.95. The number of nitrogens with zero attached hydrogens (tertiary/aromatic N) is 3. The summed E-state index contributed by atoms with van der Waals surface area (Å²) in [5.41, 5.74) is 1.32. The van der Waals surface area contributed by atoms with Crippen LogP contribution in [0, 0.1) is 0 Å². The molecule has 1 aromatic rings. The molecule has 0 saturated carbocycles. The summed E-state index contributed by atoms with van der Waals surface area (Å²) in [7, 11) is 1.69. The van der Waals surface area contributed by atoms with Gasteiger partial charge in [-0.25, -0.2) is 0 Å². The van der Waals surface area contributed by atoms with E-state index in [2.05, 4.69) is 39.7 Å². The second kappa shape index (κ2) is 5.95. The summed E-state index contributed by atoms with van der Waals surface area (Å²) in [5.74, 6) is 0.139. The van der Waals surface area contributed by atoms with E-state index in [4.69, 9.17) is 5.11 Å². The summed E-state index contributed by atoms with van der Waals surface area (Å²) >= 11 is 0. The number of aliphatic hydroxyl groups excluding tert-OH is 1. The number of carbonyl (C=O) groups is 1. The summed E-state index contributed by atoms with van der Waals surface area (Å²) < 4.78 is 1.92. The van der Waals surface area contributed by atoms with Gasteiger partial charge in [-0.15, -0.1) is 0 Å². The van der Waals surface area contributed by atoms with Crippen LogP contribution in [-0.4, -0.2) is 45.4 Å². The van der Waals surface area contributed by atoms with Gasteiger partial charge in [-0.3, -0.25) is 9.48 Å². The third-order valence-corrected chi connectivity index (χ3v) is 3.43. The van der Waals surface area contributed by atoms with E-state index in [0.29, 0.717) is 11.6 Å². The van der Waals surface area contributed by atoms with Crippen molar-refractivity contribution in [1.29, 1.82) is 0 Å². The Morgan fingerprint density at radius 2 is 1.95 bits per heavy atom. The minimum Gasteiger partial charge on any atom is -0.394 e. The molecule has 1 aromatic heterocycles. The zero-order chi connectivity index (χ0) is 15.7. The van der Waals surface area contributed by atoms with Crippen LogP contribution in [0.5, 0.6) is 0 Å². The molecule has 0 aliphatic heterocycles. The second-order valence-corrected chi connectivity index (χ2v) is 6.64. The minimum absolute atomic E-state index is 0.0563. The maximum Gasteiger partial charge on any atom is 0.274 e. The molecule has 0 aliphatic carbocycles. The normalized spacial score (nSPS) is 13.7. The molecule has 5 nitrogen and oxygen atoms in total. The first kappa shape index (κ1) is 16.7. The molecule has 1 amide bonds. The lowest BCUT2D eigenvalue weighted by atomic mass is 10.1. The first-order valence-electron chi connectivity index (χ1n) is 7.08. The number of likely N-dealkylation sites (N-methyl/N-ethyl adjacent to an activating group) is 1. The standard InChI is InChI=1S/C15H27N3O2/c1-10(2)13-8-12(16-18(13)15(4,5)6)14(20)17(7)11(3)9-19/h8,10-11,19H,9H2,1-7H3. The number of rotatable bonds is 4. The third kappa shape index (κ3) is 3.39. The van der Waals surface area contributed by atoms with Crippen molar-refractivity contribution < 1.29 is 9.90 Å². The average molecular weight is 281 g/mol. The van der Waals surface area contributed by atoms with Crippen molar-refractivity contribution >= 4 is 5.91 Å². The van der Waals surface area contributed by atoms with E-state index in [1.165, 1.54) is 4.90 Å². The number of hydrogen-bond donors (Lipinski definition) is 1. The zero-order valence-corrected chi connectivity index (χ0v) is 13.6. The molecule has 1 atom stereocenters. The van der Waals surface area contributed by atoms with Gasteiger partial charge in [-0.1, -0.05) is 13.8 Å². The number of carbonyl (C=O) groups excluding carboxylic acids is 1. The van der Waals surface area contributed by atoms with Crippen molar-refractivity contribution in [3.8, 4) is 0 Å². The molecule has 0 radical (unpaired) electrons. The van der Waals surface area contributed by atoms with Crippen LogP contribution < -0.4 is 0 Å². The molecule has 0 spiro atoms. The molecule has 114 valence electrons. The quantitative estimate of drug-likeness (QED) is 0.920. The van der Waals surface area contributed by atoms with E-state index in [1.54, 1.807) is 7.05 Å². The molecular weight excluding hydrogens is 254 g/mol. The fraction of sp³-hybridized carbons (Fsp3) is 0.733. The molecule has 20 heavy (non-hydrogen) atoms. The Labute approximate surface area is 121 Å². The number of aromatic nitrogens is 2. The van der Waals surface area contributed by atoms with E-state index in [-0.39, 0.29) is 24.1 Å². The van der Waals surface area contributed by atoms with Crippen LogP contribution in [0.2, 0.25) is 0 Å². The molecule has 1 heterocycles.